The second-order valence-electron chi connectivity index (χ2n) is 6.02. The highest BCUT2D eigenvalue weighted by Gasteiger charge is 2.32. The number of β-amino-alcohol motifs (C(OH)–C–C–N with tert-alkyl or cyclic N) is 1. The Morgan fingerprint density at radius 3 is 2.71 bits per heavy atom. The molecular weight excluding hydrogens is 307 g/mol. The Balaban J connectivity index is 1.87. The normalized spacial score (nSPS) is 20.8. The third-order valence-corrected chi connectivity index (χ3v) is 4.42. The maximum atomic E-state index is 13.2. The first-order valence-corrected chi connectivity index (χ1v) is 7.85. The van der Waals surface area contributed by atoms with Gasteiger partial charge in [-0.3, -0.25) is 4.90 Å². The fourth-order valence-electron chi connectivity index (χ4n) is 3.28. The van der Waals surface area contributed by atoms with Gasteiger partial charge in [0.15, 0.2) is 0 Å². The van der Waals surface area contributed by atoms with Gasteiger partial charge in [-0.1, -0.05) is 12.1 Å². The van der Waals surface area contributed by atoms with Crippen molar-refractivity contribution in [2.45, 2.75) is 25.1 Å². The van der Waals surface area contributed by atoms with Gasteiger partial charge in [-0.2, -0.15) is 5.26 Å². The van der Waals surface area contributed by atoms with Crippen molar-refractivity contribution in [3.8, 4) is 11.8 Å². The van der Waals surface area contributed by atoms with Crippen LogP contribution in [-0.4, -0.2) is 29.8 Å². The van der Waals surface area contributed by atoms with Gasteiger partial charge in [-0.15, -0.1) is 0 Å². The summed E-state index contributed by atoms with van der Waals surface area (Å²) in [6.07, 6.45) is 0.177. The lowest BCUT2D eigenvalue weighted by Crippen LogP contribution is -2.24. The Labute approximate surface area is 140 Å². The van der Waals surface area contributed by atoms with Gasteiger partial charge >= 0.3 is 0 Å². The highest BCUT2D eigenvalue weighted by Crippen LogP contribution is 2.35. The Morgan fingerprint density at radius 2 is 2.04 bits per heavy atom. The van der Waals surface area contributed by atoms with Crippen LogP contribution in [0.5, 0.6) is 5.75 Å². The van der Waals surface area contributed by atoms with E-state index in [4.69, 9.17) is 10.00 Å². The second-order valence-corrected chi connectivity index (χ2v) is 6.02. The number of hydrogen-bond acceptors (Lipinski definition) is 4. The SMILES string of the molecule is COc1ccc(C#N)cc1CN1C[C@@H](O)C[C@@H]1c1ccc(F)cc1. The maximum absolute atomic E-state index is 13.2. The number of nitrogens with zero attached hydrogens (tertiary/aromatic N) is 2. The number of nitriles is 1. The average molecular weight is 326 g/mol. The van der Waals surface area contributed by atoms with Crippen LogP contribution >= 0.6 is 0 Å². The van der Waals surface area contributed by atoms with Crippen molar-refractivity contribution in [2.75, 3.05) is 13.7 Å². The quantitative estimate of drug-likeness (QED) is 0.938. The van der Waals surface area contributed by atoms with Gasteiger partial charge in [-0.25, -0.2) is 4.39 Å². The van der Waals surface area contributed by atoms with E-state index in [-0.39, 0.29) is 11.9 Å². The molecule has 1 N–H and O–H groups in total. The molecule has 3 rings (SSSR count). The van der Waals surface area contributed by atoms with Crippen LogP contribution in [0, 0.1) is 17.1 Å². The van der Waals surface area contributed by atoms with Crippen LogP contribution in [0.4, 0.5) is 4.39 Å². The molecule has 124 valence electrons. The molecule has 24 heavy (non-hydrogen) atoms. The molecule has 0 unspecified atom stereocenters. The molecule has 0 saturated carbocycles. The summed E-state index contributed by atoms with van der Waals surface area (Å²) < 4.78 is 18.6. The van der Waals surface area contributed by atoms with Crippen molar-refractivity contribution in [3.63, 3.8) is 0 Å². The molecule has 0 spiro atoms. The predicted octanol–water partition coefficient (Wildman–Crippen LogP) is 3.01. The first kappa shape index (κ1) is 16.4. The minimum absolute atomic E-state index is 0.0102. The van der Waals surface area contributed by atoms with E-state index in [0.29, 0.717) is 30.8 Å². The molecule has 0 bridgehead atoms. The molecular formula is C19H19FN2O2. The Kier molecular flexibility index (Phi) is 4.79. The van der Waals surface area contributed by atoms with Crippen LogP contribution < -0.4 is 4.74 Å². The molecule has 2 aromatic rings. The summed E-state index contributed by atoms with van der Waals surface area (Å²) in [5, 5.41) is 19.2. The number of likely N-dealkylation sites (tertiary alicyclic amines) is 1. The summed E-state index contributed by atoms with van der Waals surface area (Å²) in [6, 6.07) is 13.9. The van der Waals surface area contributed by atoms with Gasteiger partial charge < -0.3 is 9.84 Å². The molecule has 1 aliphatic rings. The number of hydrogen-bond donors (Lipinski definition) is 1. The van der Waals surface area contributed by atoms with Gasteiger partial charge in [0.2, 0.25) is 0 Å². The van der Waals surface area contributed by atoms with Gasteiger partial charge in [-0.05, 0) is 42.3 Å². The molecule has 5 heteroatoms. The number of ether oxygens (including phenoxy) is 1. The highest BCUT2D eigenvalue weighted by atomic mass is 19.1. The summed E-state index contributed by atoms with van der Waals surface area (Å²) in [7, 11) is 1.60. The molecule has 4 nitrogen and oxygen atoms in total. The lowest BCUT2D eigenvalue weighted by atomic mass is 10.0. The van der Waals surface area contributed by atoms with E-state index in [9.17, 15) is 9.50 Å². The Morgan fingerprint density at radius 1 is 1.29 bits per heavy atom. The predicted molar refractivity (Wildman–Crippen MR) is 87.9 cm³/mol. The molecule has 2 atom stereocenters. The van der Waals surface area contributed by atoms with Crippen LogP contribution in [0.25, 0.3) is 0 Å². The lowest BCUT2D eigenvalue weighted by Gasteiger charge is -2.25. The molecule has 0 aliphatic carbocycles. The third-order valence-electron chi connectivity index (χ3n) is 4.42. The number of halogens is 1. The number of methoxy groups -OCH3 is 1. The first-order valence-electron chi connectivity index (χ1n) is 7.85. The van der Waals surface area contributed by atoms with Crippen molar-refractivity contribution >= 4 is 0 Å². The fraction of sp³-hybridized carbons (Fsp3) is 0.316. The van der Waals surface area contributed by atoms with Gasteiger partial charge in [0.05, 0.1) is 24.8 Å². The van der Waals surface area contributed by atoms with E-state index in [1.54, 1.807) is 31.4 Å². The molecule has 1 saturated heterocycles. The molecule has 2 aromatic carbocycles. The Hall–Kier alpha value is -2.42. The summed E-state index contributed by atoms with van der Waals surface area (Å²) in [5.41, 5.74) is 2.45. The van der Waals surface area contributed by atoms with Gasteiger partial charge in [0.1, 0.15) is 11.6 Å². The molecule has 1 aliphatic heterocycles. The fourth-order valence-corrected chi connectivity index (χ4v) is 3.28. The van der Waals surface area contributed by atoms with E-state index in [1.807, 2.05) is 6.07 Å². The zero-order valence-electron chi connectivity index (χ0n) is 13.4. The van der Waals surface area contributed by atoms with E-state index in [2.05, 4.69) is 11.0 Å². The smallest absolute Gasteiger partial charge is 0.123 e. The van der Waals surface area contributed by atoms with E-state index in [0.717, 1.165) is 11.1 Å². The zero-order chi connectivity index (χ0) is 17.1. The summed E-state index contributed by atoms with van der Waals surface area (Å²) in [5.74, 6) is 0.445. The van der Waals surface area contributed by atoms with Crippen molar-refractivity contribution in [3.05, 3.63) is 65.0 Å². The Bertz CT molecular complexity index is 755. The second kappa shape index (κ2) is 7.00. The van der Waals surface area contributed by atoms with Crippen molar-refractivity contribution in [1.29, 1.82) is 5.26 Å². The van der Waals surface area contributed by atoms with Crippen LogP contribution in [-0.2, 0) is 6.54 Å². The van der Waals surface area contributed by atoms with Gasteiger partial charge in [0, 0.05) is 24.7 Å². The van der Waals surface area contributed by atoms with Crippen LogP contribution in [0.1, 0.15) is 29.2 Å². The van der Waals surface area contributed by atoms with Gasteiger partial charge in [0.25, 0.3) is 0 Å². The number of rotatable bonds is 4. The first-order chi connectivity index (χ1) is 11.6. The van der Waals surface area contributed by atoms with E-state index in [1.165, 1.54) is 12.1 Å². The standard InChI is InChI=1S/C19H19FN2O2/c1-24-19-7-2-13(10-21)8-15(19)11-22-12-17(23)9-18(22)14-3-5-16(20)6-4-14/h2-8,17-18,23H,9,11-12H2,1H3/t17-,18+/m0/s1. The monoisotopic (exact) mass is 326 g/mol. The molecule has 0 radical (unpaired) electrons. The zero-order valence-corrected chi connectivity index (χ0v) is 13.4. The summed E-state index contributed by atoms with van der Waals surface area (Å²) >= 11 is 0. The van der Waals surface area contributed by atoms with Crippen molar-refractivity contribution in [2.24, 2.45) is 0 Å². The average Bonchev–Trinajstić information content (AvgIpc) is 2.95. The number of benzene rings is 2. The molecule has 0 amide bonds. The van der Waals surface area contributed by atoms with Crippen molar-refractivity contribution < 1.29 is 14.2 Å². The highest BCUT2D eigenvalue weighted by molar-refractivity contribution is 5.42. The molecule has 1 fully saturated rings. The maximum Gasteiger partial charge on any atom is 0.123 e. The summed E-state index contributed by atoms with van der Waals surface area (Å²) in [6.45, 7) is 1.08. The van der Waals surface area contributed by atoms with Crippen LogP contribution in [0.2, 0.25) is 0 Å². The third kappa shape index (κ3) is 3.40. The van der Waals surface area contributed by atoms with E-state index >= 15 is 0 Å². The summed E-state index contributed by atoms with van der Waals surface area (Å²) in [4.78, 5) is 2.14. The van der Waals surface area contributed by atoms with Crippen LogP contribution in [0.15, 0.2) is 42.5 Å². The minimum atomic E-state index is -0.426. The number of aliphatic hydroxyl groups excluding tert-OH is 1. The van der Waals surface area contributed by atoms with Crippen LogP contribution in [0.3, 0.4) is 0 Å². The van der Waals surface area contributed by atoms with Crippen molar-refractivity contribution in [1.82, 2.24) is 4.90 Å². The van der Waals surface area contributed by atoms with E-state index < -0.39 is 6.10 Å². The largest absolute Gasteiger partial charge is 0.496 e. The topological polar surface area (TPSA) is 56.5 Å². The molecule has 1 heterocycles. The molecule has 0 aromatic heterocycles. The lowest BCUT2D eigenvalue weighted by molar-refractivity contribution is 0.172. The number of aliphatic hydroxyl groups is 1. The minimum Gasteiger partial charge on any atom is -0.496 e.